The smallest absolute Gasteiger partial charge is 0.134 e. The van der Waals surface area contributed by atoms with E-state index in [0.29, 0.717) is 6.04 Å². The summed E-state index contributed by atoms with van der Waals surface area (Å²) in [5.74, 6) is 0.993. The van der Waals surface area contributed by atoms with Crippen molar-refractivity contribution in [3.05, 3.63) is 52.2 Å². The van der Waals surface area contributed by atoms with E-state index in [4.69, 9.17) is 4.74 Å². The van der Waals surface area contributed by atoms with E-state index < -0.39 is 0 Å². The number of thiophene rings is 1. The number of hydrogen-bond donors (Lipinski definition) is 1. The summed E-state index contributed by atoms with van der Waals surface area (Å²) >= 11 is 1.75. The lowest BCUT2D eigenvalue weighted by Gasteiger charge is -2.16. The van der Waals surface area contributed by atoms with E-state index in [9.17, 15) is 0 Å². The van der Waals surface area contributed by atoms with Gasteiger partial charge in [-0.05, 0) is 36.9 Å². The van der Waals surface area contributed by atoms with Gasteiger partial charge in [-0.15, -0.1) is 11.3 Å². The molecule has 0 amide bonds. The summed E-state index contributed by atoms with van der Waals surface area (Å²) in [7, 11) is 3.74. The Morgan fingerprint density at radius 1 is 1.22 bits per heavy atom. The molecule has 96 valence electrons. The number of benzene rings is 1. The van der Waals surface area contributed by atoms with Gasteiger partial charge in [0.15, 0.2) is 0 Å². The van der Waals surface area contributed by atoms with Crippen LogP contribution in [0.1, 0.15) is 22.9 Å². The van der Waals surface area contributed by atoms with Crippen molar-refractivity contribution in [1.82, 2.24) is 5.32 Å². The lowest BCUT2D eigenvalue weighted by molar-refractivity contribution is 0.403. The van der Waals surface area contributed by atoms with Gasteiger partial charge in [0.2, 0.25) is 0 Å². The van der Waals surface area contributed by atoms with E-state index in [1.54, 1.807) is 18.4 Å². The zero-order valence-corrected chi connectivity index (χ0v) is 11.7. The maximum atomic E-state index is 5.39. The van der Waals surface area contributed by atoms with Gasteiger partial charge >= 0.3 is 0 Å². The molecule has 0 aliphatic heterocycles. The molecule has 0 aliphatic carbocycles. The highest BCUT2D eigenvalue weighted by molar-refractivity contribution is 7.10. The number of ether oxygens (including phenoxy) is 1. The molecular formula is C15H19NOS. The fourth-order valence-corrected chi connectivity index (χ4v) is 3.10. The van der Waals surface area contributed by atoms with Crippen molar-refractivity contribution in [2.45, 2.75) is 18.9 Å². The van der Waals surface area contributed by atoms with E-state index in [1.165, 1.54) is 10.4 Å². The third-order valence-corrected chi connectivity index (χ3v) is 4.12. The van der Waals surface area contributed by atoms with Crippen molar-refractivity contribution < 1.29 is 4.74 Å². The van der Waals surface area contributed by atoms with Gasteiger partial charge in [0.1, 0.15) is 5.75 Å². The van der Waals surface area contributed by atoms with Gasteiger partial charge in [-0.1, -0.05) is 30.3 Å². The molecule has 2 aromatic rings. The van der Waals surface area contributed by atoms with E-state index in [-0.39, 0.29) is 0 Å². The van der Waals surface area contributed by atoms with Gasteiger partial charge in [0.25, 0.3) is 0 Å². The maximum absolute atomic E-state index is 5.39. The molecule has 0 saturated heterocycles. The minimum atomic E-state index is 0.361. The van der Waals surface area contributed by atoms with Gasteiger partial charge < -0.3 is 10.1 Å². The molecule has 0 fully saturated rings. The number of aryl methyl sites for hydroxylation is 1. The highest BCUT2D eigenvalue weighted by atomic mass is 32.1. The predicted molar refractivity (Wildman–Crippen MR) is 77.4 cm³/mol. The summed E-state index contributed by atoms with van der Waals surface area (Å²) in [6, 6.07) is 13.0. The van der Waals surface area contributed by atoms with Crippen LogP contribution in [0.15, 0.2) is 41.8 Å². The van der Waals surface area contributed by atoms with Crippen LogP contribution in [-0.4, -0.2) is 14.2 Å². The summed E-state index contributed by atoms with van der Waals surface area (Å²) in [4.78, 5) is 1.29. The Kier molecular flexibility index (Phi) is 4.79. The molecule has 0 aliphatic rings. The Balaban J connectivity index is 2.02. The van der Waals surface area contributed by atoms with Crippen LogP contribution in [0.5, 0.6) is 5.75 Å². The molecule has 0 bridgehead atoms. The largest absolute Gasteiger partial charge is 0.496 e. The molecule has 0 spiro atoms. The molecule has 0 saturated carbocycles. The van der Waals surface area contributed by atoms with Crippen molar-refractivity contribution in [1.29, 1.82) is 0 Å². The highest BCUT2D eigenvalue weighted by Crippen LogP contribution is 2.32. The topological polar surface area (TPSA) is 21.3 Å². The molecule has 1 N–H and O–H groups in total. The van der Waals surface area contributed by atoms with Crippen molar-refractivity contribution in [3.8, 4) is 5.75 Å². The van der Waals surface area contributed by atoms with Gasteiger partial charge in [0, 0.05) is 6.04 Å². The van der Waals surface area contributed by atoms with E-state index >= 15 is 0 Å². The number of nitrogens with one attached hydrogen (secondary N) is 1. The molecule has 2 nitrogen and oxygen atoms in total. The summed E-state index contributed by atoms with van der Waals surface area (Å²) in [6.45, 7) is 0. The average molecular weight is 261 g/mol. The first-order chi connectivity index (χ1) is 8.85. The highest BCUT2D eigenvalue weighted by Gasteiger charge is 2.15. The van der Waals surface area contributed by atoms with Gasteiger partial charge in [-0.3, -0.25) is 0 Å². The van der Waals surface area contributed by atoms with Crippen LogP contribution in [0.2, 0.25) is 0 Å². The minimum absolute atomic E-state index is 0.361. The van der Waals surface area contributed by atoms with Crippen molar-refractivity contribution in [2.24, 2.45) is 0 Å². The first kappa shape index (κ1) is 13.1. The van der Waals surface area contributed by atoms with Gasteiger partial charge in [0.05, 0.1) is 12.0 Å². The molecular weight excluding hydrogens is 242 g/mol. The quantitative estimate of drug-likeness (QED) is 0.857. The summed E-state index contributed by atoms with van der Waals surface area (Å²) in [5.41, 5.74) is 1.38. The third kappa shape index (κ3) is 3.12. The summed E-state index contributed by atoms with van der Waals surface area (Å²) in [5, 5.41) is 5.46. The van der Waals surface area contributed by atoms with Crippen LogP contribution in [0, 0.1) is 0 Å². The molecule has 3 heteroatoms. The van der Waals surface area contributed by atoms with Crippen LogP contribution in [0.3, 0.4) is 0 Å². The molecule has 0 radical (unpaired) electrons. The van der Waals surface area contributed by atoms with Crippen LogP contribution >= 0.6 is 11.3 Å². The predicted octanol–water partition coefficient (Wildman–Crippen LogP) is 3.65. The van der Waals surface area contributed by atoms with Crippen molar-refractivity contribution in [3.63, 3.8) is 0 Å². The Morgan fingerprint density at radius 3 is 2.67 bits per heavy atom. The first-order valence-electron chi connectivity index (χ1n) is 6.17. The Bertz CT molecular complexity index is 466. The molecule has 1 heterocycles. The fraction of sp³-hybridized carbons (Fsp3) is 0.333. The standard InChI is InChI=1S/C15H19NOS/c1-16-13(15-14(17-2)10-11-18-15)9-8-12-6-4-3-5-7-12/h3-7,10-11,13,16H,8-9H2,1-2H3. The SMILES string of the molecule is CNC(CCc1ccccc1)c1sccc1OC. The maximum Gasteiger partial charge on any atom is 0.134 e. The van der Waals surface area contributed by atoms with Crippen LogP contribution < -0.4 is 10.1 Å². The Morgan fingerprint density at radius 2 is 2.00 bits per heavy atom. The second-order valence-corrected chi connectivity index (χ2v) is 5.17. The molecule has 1 aromatic carbocycles. The fourth-order valence-electron chi connectivity index (χ4n) is 2.09. The van der Waals surface area contributed by atoms with Crippen LogP contribution in [-0.2, 0) is 6.42 Å². The molecule has 1 unspecified atom stereocenters. The Hall–Kier alpha value is -1.32. The lowest BCUT2D eigenvalue weighted by atomic mass is 10.0. The van der Waals surface area contributed by atoms with Crippen molar-refractivity contribution in [2.75, 3.05) is 14.2 Å². The Labute approximate surface area is 113 Å². The normalized spacial score (nSPS) is 12.3. The monoisotopic (exact) mass is 261 g/mol. The van der Waals surface area contributed by atoms with Crippen molar-refractivity contribution >= 4 is 11.3 Å². The number of rotatable bonds is 6. The minimum Gasteiger partial charge on any atom is -0.496 e. The van der Waals surface area contributed by atoms with Crippen LogP contribution in [0.25, 0.3) is 0 Å². The van der Waals surface area contributed by atoms with E-state index in [2.05, 4.69) is 41.0 Å². The first-order valence-corrected chi connectivity index (χ1v) is 7.05. The third-order valence-electron chi connectivity index (χ3n) is 3.11. The lowest BCUT2D eigenvalue weighted by Crippen LogP contribution is -2.16. The molecule has 1 atom stereocenters. The molecule has 1 aromatic heterocycles. The van der Waals surface area contributed by atoms with E-state index in [1.807, 2.05) is 13.1 Å². The average Bonchev–Trinajstić information content (AvgIpc) is 2.89. The number of hydrogen-bond acceptors (Lipinski definition) is 3. The zero-order chi connectivity index (χ0) is 12.8. The zero-order valence-electron chi connectivity index (χ0n) is 10.8. The summed E-state index contributed by atoms with van der Waals surface area (Å²) in [6.07, 6.45) is 2.16. The summed E-state index contributed by atoms with van der Waals surface area (Å²) < 4.78 is 5.39. The van der Waals surface area contributed by atoms with Gasteiger partial charge in [-0.25, -0.2) is 0 Å². The van der Waals surface area contributed by atoms with Crippen LogP contribution in [0.4, 0.5) is 0 Å². The molecule has 18 heavy (non-hydrogen) atoms. The second-order valence-electron chi connectivity index (χ2n) is 4.22. The number of methoxy groups -OCH3 is 1. The van der Waals surface area contributed by atoms with Gasteiger partial charge in [-0.2, -0.15) is 0 Å². The van der Waals surface area contributed by atoms with E-state index in [0.717, 1.165) is 18.6 Å². The molecule has 2 rings (SSSR count). The second kappa shape index (κ2) is 6.57.